The second kappa shape index (κ2) is 3.84. The van der Waals surface area contributed by atoms with Crippen LogP contribution in [0, 0.1) is 12.7 Å². The second-order valence-electron chi connectivity index (χ2n) is 4.27. The van der Waals surface area contributed by atoms with Gasteiger partial charge in [0.05, 0.1) is 22.6 Å². The van der Waals surface area contributed by atoms with E-state index in [1.54, 1.807) is 6.07 Å². The van der Waals surface area contributed by atoms with Crippen molar-refractivity contribution in [3.05, 3.63) is 53.3 Å². The highest BCUT2D eigenvalue weighted by Crippen LogP contribution is 2.34. The van der Waals surface area contributed by atoms with Gasteiger partial charge in [-0.2, -0.15) is 0 Å². The molecule has 1 amide bonds. The lowest BCUT2D eigenvalue weighted by molar-refractivity contribution is 0.102. The number of hydrogen-bond acceptors (Lipinski definition) is 2. The number of carbonyl (C=O) groups excluding carboxylic acids is 1. The Bertz CT molecular complexity index is 652. The van der Waals surface area contributed by atoms with Gasteiger partial charge in [-0.3, -0.25) is 4.79 Å². The molecule has 0 fully saturated rings. The summed E-state index contributed by atoms with van der Waals surface area (Å²) in [6, 6.07) is 9.78. The van der Waals surface area contributed by atoms with Gasteiger partial charge in [0.1, 0.15) is 5.82 Å². The summed E-state index contributed by atoms with van der Waals surface area (Å²) in [6.45, 7) is 1.95. The van der Waals surface area contributed by atoms with Crippen molar-refractivity contribution in [2.75, 3.05) is 10.6 Å². The molecule has 0 atom stereocenters. The number of para-hydroxylation sites is 1. The molecule has 0 spiro atoms. The maximum Gasteiger partial charge on any atom is 0.257 e. The number of rotatable bonds is 0. The third kappa shape index (κ3) is 1.62. The Morgan fingerprint density at radius 3 is 2.72 bits per heavy atom. The van der Waals surface area contributed by atoms with Crippen LogP contribution in [0.2, 0.25) is 0 Å². The number of anilines is 3. The number of hydrogen-bond donors (Lipinski definition) is 2. The molecule has 90 valence electrons. The average Bonchev–Trinajstić information content (AvgIpc) is 2.48. The monoisotopic (exact) mass is 242 g/mol. The van der Waals surface area contributed by atoms with Crippen molar-refractivity contribution in [3.63, 3.8) is 0 Å². The summed E-state index contributed by atoms with van der Waals surface area (Å²) in [4.78, 5) is 12.0. The van der Waals surface area contributed by atoms with Crippen LogP contribution in [0.5, 0.6) is 0 Å². The number of benzene rings is 2. The Morgan fingerprint density at radius 2 is 1.89 bits per heavy atom. The quantitative estimate of drug-likeness (QED) is 0.743. The van der Waals surface area contributed by atoms with Gasteiger partial charge in [-0.05, 0) is 36.8 Å². The van der Waals surface area contributed by atoms with Gasteiger partial charge < -0.3 is 10.6 Å². The number of nitrogens with one attached hydrogen (secondary N) is 2. The van der Waals surface area contributed by atoms with Gasteiger partial charge in [0.2, 0.25) is 0 Å². The van der Waals surface area contributed by atoms with E-state index in [-0.39, 0.29) is 5.91 Å². The predicted octanol–water partition coefficient (Wildman–Crippen LogP) is 3.44. The van der Waals surface area contributed by atoms with E-state index in [0.29, 0.717) is 16.9 Å². The first-order chi connectivity index (χ1) is 8.65. The Labute approximate surface area is 104 Å². The second-order valence-corrected chi connectivity index (χ2v) is 4.27. The van der Waals surface area contributed by atoms with Crippen LogP contribution in [0.15, 0.2) is 36.4 Å². The average molecular weight is 242 g/mol. The Hall–Kier alpha value is -2.36. The van der Waals surface area contributed by atoms with Crippen molar-refractivity contribution < 1.29 is 9.18 Å². The first kappa shape index (κ1) is 10.8. The maximum absolute atomic E-state index is 13.2. The molecule has 4 heteroatoms. The summed E-state index contributed by atoms with van der Waals surface area (Å²) in [5.74, 6) is -0.727. The van der Waals surface area contributed by atoms with E-state index < -0.39 is 5.82 Å². The van der Waals surface area contributed by atoms with Crippen LogP contribution in [0.3, 0.4) is 0 Å². The zero-order valence-corrected chi connectivity index (χ0v) is 9.75. The molecular weight excluding hydrogens is 231 g/mol. The molecule has 1 aliphatic heterocycles. The van der Waals surface area contributed by atoms with Crippen LogP contribution in [-0.4, -0.2) is 5.91 Å². The predicted molar refractivity (Wildman–Crippen MR) is 68.8 cm³/mol. The van der Waals surface area contributed by atoms with Crippen LogP contribution in [0.25, 0.3) is 0 Å². The molecule has 0 unspecified atom stereocenters. The summed E-state index contributed by atoms with van der Waals surface area (Å²) in [6.07, 6.45) is 0. The van der Waals surface area contributed by atoms with Crippen molar-refractivity contribution in [3.8, 4) is 0 Å². The van der Waals surface area contributed by atoms with Gasteiger partial charge in [-0.1, -0.05) is 12.1 Å². The molecule has 0 saturated carbocycles. The van der Waals surface area contributed by atoms with E-state index in [2.05, 4.69) is 10.6 Å². The number of halogens is 1. The first-order valence-corrected chi connectivity index (χ1v) is 5.63. The van der Waals surface area contributed by atoms with Crippen molar-refractivity contribution in [2.45, 2.75) is 6.92 Å². The molecule has 2 aromatic rings. The smallest absolute Gasteiger partial charge is 0.257 e. The van der Waals surface area contributed by atoms with Gasteiger partial charge in [0, 0.05) is 0 Å². The summed E-state index contributed by atoms with van der Waals surface area (Å²) >= 11 is 0. The van der Waals surface area contributed by atoms with Crippen molar-refractivity contribution in [2.24, 2.45) is 0 Å². The number of aryl methyl sites for hydroxylation is 1. The van der Waals surface area contributed by atoms with Crippen molar-refractivity contribution in [1.82, 2.24) is 0 Å². The molecule has 0 saturated heterocycles. The molecule has 0 aliphatic carbocycles. The summed E-state index contributed by atoms with van der Waals surface area (Å²) in [7, 11) is 0. The lowest BCUT2D eigenvalue weighted by Crippen LogP contribution is -2.10. The maximum atomic E-state index is 13.2. The highest BCUT2D eigenvalue weighted by Gasteiger charge is 2.20. The molecule has 3 nitrogen and oxygen atoms in total. The van der Waals surface area contributed by atoms with Gasteiger partial charge in [-0.25, -0.2) is 4.39 Å². The fourth-order valence-electron chi connectivity index (χ4n) is 2.08. The Morgan fingerprint density at radius 1 is 1.06 bits per heavy atom. The minimum absolute atomic E-state index is 0.304. The topological polar surface area (TPSA) is 41.1 Å². The van der Waals surface area contributed by atoms with E-state index in [1.165, 1.54) is 12.1 Å². The highest BCUT2D eigenvalue weighted by atomic mass is 19.1. The zero-order chi connectivity index (χ0) is 12.7. The standard InChI is InChI=1S/C14H11FN2O/c1-8-3-2-4-12-13(8)16-11-6-5-9(15)7-10(11)14(18)17-12/h2-7,16H,1H3,(H,17,18). The molecule has 0 radical (unpaired) electrons. The zero-order valence-electron chi connectivity index (χ0n) is 9.75. The van der Waals surface area contributed by atoms with Crippen molar-refractivity contribution in [1.29, 1.82) is 0 Å². The third-order valence-corrected chi connectivity index (χ3v) is 3.01. The lowest BCUT2D eigenvalue weighted by atomic mass is 10.1. The minimum Gasteiger partial charge on any atom is -0.353 e. The molecule has 0 aromatic heterocycles. The van der Waals surface area contributed by atoms with Crippen LogP contribution in [-0.2, 0) is 0 Å². The molecule has 1 aliphatic rings. The molecule has 3 rings (SSSR count). The molecule has 18 heavy (non-hydrogen) atoms. The summed E-state index contributed by atoms with van der Waals surface area (Å²) in [5.41, 5.74) is 3.49. The van der Waals surface area contributed by atoms with Crippen LogP contribution >= 0.6 is 0 Å². The van der Waals surface area contributed by atoms with E-state index in [4.69, 9.17) is 0 Å². The van der Waals surface area contributed by atoms with Gasteiger partial charge >= 0.3 is 0 Å². The van der Waals surface area contributed by atoms with Crippen LogP contribution in [0.4, 0.5) is 21.5 Å². The fraction of sp³-hybridized carbons (Fsp3) is 0.0714. The summed E-state index contributed by atoms with van der Waals surface area (Å²) < 4.78 is 13.2. The molecule has 1 heterocycles. The molecule has 2 aromatic carbocycles. The lowest BCUT2D eigenvalue weighted by Gasteiger charge is -2.11. The third-order valence-electron chi connectivity index (χ3n) is 3.01. The van der Waals surface area contributed by atoms with E-state index in [0.717, 1.165) is 11.3 Å². The Kier molecular flexibility index (Phi) is 2.30. The van der Waals surface area contributed by atoms with Crippen LogP contribution < -0.4 is 10.6 Å². The number of fused-ring (bicyclic) bond motifs is 2. The molecular formula is C14H11FN2O. The van der Waals surface area contributed by atoms with E-state index in [1.807, 2.05) is 25.1 Å². The largest absolute Gasteiger partial charge is 0.353 e. The van der Waals surface area contributed by atoms with Gasteiger partial charge in [0.15, 0.2) is 0 Å². The minimum atomic E-state index is -0.423. The normalized spacial score (nSPS) is 12.9. The SMILES string of the molecule is Cc1cccc2c1Nc1ccc(F)cc1C(=O)N2. The highest BCUT2D eigenvalue weighted by molar-refractivity contribution is 6.12. The van der Waals surface area contributed by atoms with E-state index in [9.17, 15) is 9.18 Å². The molecule has 2 N–H and O–H groups in total. The van der Waals surface area contributed by atoms with Crippen LogP contribution in [0.1, 0.15) is 15.9 Å². The first-order valence-electron chi connectivity index (χ1n) is 5.63. The van der Waals surface area contributed by atoms with Gasteiger partial charge in [0.25, 0.3) is 5.91 Å². The fourth-order valence-corrected chi connectivity index (χ4v) is 2.08. The van der Waals surface area contributed by atoms with E-state index >= 15 is 0 Å². The van der Waals surface area contributed by atoms with Crippen molar-refractivity contribution >= 4 is 23.0 Å². The number of amides is 1. The Balaban J connectivity index is 2.20. The van der Waals surface area contributed by atoms with Gasteiger partial charge in [-0.15, -0.1) is 0 Å². The summed E-state index contributed by atoms with van der Waals surface area (Å²) in [5, 5.41) is 5.96. The number of carbonyl (C=O) groups is 1. The molecule has 0 bridgehead atoms.